The molecule has 0 bridgehead atoms. The zero-order chi connectivity index (χ0) is 19.4. The van der Waals surface area contributed by atoms with E-state index >= 15 is 0 Å². The van der Waals surface area contributed by atoms with Gasteiger partial charge in [-0.2, -0.15) is 0 Å². The maximum Gasteiger partial charge on any atom is 0.224 e. The lowest BCUT2D eigenvalue weighted by Crippen LogP contribution is -2.20. The van der Waals surface area contributed by atoms with E-state index < -0.39 is 10.8 Å². The van der Waals surface area contributed by atoms with Crippen molar-refractivity contribution >= 4 is 28.0 Å². The lowest BCUT2D eigenvalue weighted by molar-refractivity contribution is -0.120. The van der Waals surface area contributed by atoms with Crippen LogP contribution < -0.4 is 5.32 Å². The molecule has 0 spiro atoms. The van der Waals surface area contributed by atoms with Crippen LogP contribution in [0.15, 0.2) is 72.8 Å². The number of rotatable bonds is 7. The van der Waals surface area contributed by atoms with E-state index in [9.17, 15) is 9.00 Å². The molecular weight excluding hydrogens is 364 g/mol. The van der Waals surface area contributed by atoms with Crippen LogP contribution in [0.2, 0.25) is 0 Å². The predicted octanol–water partition coefficient (Wildman–Crippen LogP) is 4.46. The van der Waals surface area contributed by atoms with Crippen molar-refractivity contribution in [2.75, 3.05) is 6.26 Å². The van der Waals surface area contributed by atoms with Crippen molar-refractivity contribution in [3.05, 3.63) is 78.5 Å². The molecule has 1 N–H and O–H groups in total. The topological polar surface area (TPSA) is 59.1 Å². The van der Waals surface area contributed by atoms with Crippen LogP contribution in [0.3, 0.4) is 0 Å². The fraction of sp³-hybridized carbons (Fsp3) is 0.200. The summed E-state index contributed by atoms with van der Waals surface area (Å²) in [6, 6.07) is 10.0. The summed E-state index contributed by atoms with van der Waals surface area (Å²) in [5, 5.41) is 5.62. The first-order valence-corrected chi connectivity index (χ1v) is 10.7. The number of nitrogens with one attached hydrogen (secondary N) is 1. The van der Waals surface area contributed by atoms with Gasteiger partial charge in [-0.05, 0) is 12.2 Å². The zero-order valence-corrected chi connectivity index (χ0v) is 16.7. The van der Waals surface area contributed by atoms with Gasteiger partial charge >= 0.3 is 0 Å². The lowest BCUT2D eigenvalue weighted by atomic mass is 10.2. The number of hydrogen-bond donors (Lipinski definition) is 1. The summed E-state index contributed by atoms with van der Waals surface area (Å²) in [6.07, 6.45) is 7.05. The van der Waals surface area contributed by atoms with Gasteiger partial charge in [-0.1, -0.05) is 56.5 Å². The molecule has 2 aromatic rings. The highest BCUT2D eigenvalue weighted by Crippen LogP contribution is 2.23. The molecule has 0 aliphatic rings. The zero-order valence-electron chi connectivity index (χ0n) is 15.1. The minimum absolute atomic E-state index is 0.0157. The van der Waals surface area contributed by atoms with Crippen LogP contribution in [0.25, 0.3) is 10.6 Å². The number of aromatic nitrogens is 1. The molecule has 0 saturated heterocycles. The Morgan fingerprint density at radius 1 is 1.31 bits per heavy atom. The molecule has 0 aliphatic heterocycles. The minimum Gasteiger partial charge on any atom is -0.326 e. The highest BCUT2D eigenvalue weighted by molar-refractivity contribution is 7.83. The van der Waals surface area contributed by atoms with Gasteiger partial charge < -0.3 is 5.32 Å². The van der Waals surface area contributed by atoms with E-state index in [1.54, 1.807) is 42.7 Å². The average Bonchev–Trinajstić information content (AvgIpc) is 3.10. The summed E-state index contributed by atoms with van der Waals surface area (Å²) in [7, 11) is -0.815. The second-order valence-electron chi connectivity index (χ2n) is 5.19. The Kier molecular flexibility index (Phi) is 10.1. The number of carbonyl (C=O) groups excluding carboxylic acids is 1. The van der Waals surface area contributed by atoms with Crippen molar-refractivity contribution in [1.82, 2.24) is 10.3 Å². The van der Waals surface area contributed by atoms with E-state index in [2.05, 4.69) is 23.5 Å². The summed E-state index contributed by atoms with van der Waals surface area (Å²) >= 11 is 1.60. The number of carbonyl (C=O) groups is 1. The van der Waals surface area contributed by atoms with Crippen molar-refractivity contribution < 1.29 is 9.00 Å². The fourth-order valence-corrected chi connectivity index (χ4v) is 3.33. The molecule has 138 valence electrons. The van der Waals surface area contributed by atoms with Gasteiger partial charge in [0.2, 0.25) is 5.91 Å². The summed E-state index contributed by atoms with van der Waals surface area (Å²) in [5.41, 5.74) is 2.72. The second kappa shape index (κ2) is 12.1. The van der Waals surface area contributed by atoms with Gasteiger partial charge in [-0.3, -0.25) is 9.00 Å². The normalized spacial score (nSPS) is 11.7. The number of benzene rings is 1. The Morgan fingerprint density at radius 2 is 2.00 bits per heavy atom. The smallest absolute Gasteiger partial charge is 0.224 e. The number of thiazole rings is 1. The Labute approximate surface area is 161 Å². The molecule has 1 aromatic heterocycles. The van der Waals surface area contributed by atoms with Crippen molar-refractivity contribution in [3.8, 4) is 10.6 Å². The Balaban J connectivity index is 0.000000276. The molecule has 26 heavy (non-hydrogen) atoms. The van der Waals surface area contributed by atoms with Gasteiger partial charge in [0.05, 0.1) is 11.4 Å². The van der Waals surface area contributed by atoms with Crippen LogP contribution in [0.1, 0.15) is 19.0 Å². The van der Waals surface area contributed by atoms with Crippen molar-refractivity contribution in [2.45, 2.75) is 19.1 Å². The van der Waals surface area contributed by atoms with Crippen LogP contribution in [0.5, 0.6) is 0 Å². The molecule has 6 heteroatoms. The van der Waals surface area contributed by atoms with Crippen LogP contribution in [0.4, 0.5) is 0 Å². The Bertz CT molecular complexity index is 780. The van der Waals surface area contributed by atoms with E-state index in [1.165, 1.54) is 0 Å². The third-order valence-electron chi connectivity index (χ3n) is 3.05. The molecular formula is C20H24N2O2S2. The van der Waals surface area contributed by atoms with Gasteiger partial charge in [-0.25, -0.2) is 4.98 Å². The van der Waals surface area contributed by atoms with Crippen LogP contribution in [0, 0.1) is 0 Å². The SMILES string of the molecule is C=C/C=C(\C=C)NC(=O)CC.C[S@](=O)Cc1csc(-c2ccccc2)n1. The largest absolute Gasteiger partial charge is 0.326 e. The van der Waals surface area contributed by atoms with E-state index in [1.807, 2.05) is 35.7 Å². The summed E-state index contributed by atoms with van der Waals surface area (Å²) in [4.78, 5) is 15.3. The molecule has 2 rings (SSSR count). The highest BCUT2D eigenvalue weighted by atomic mass is 32.2. The summed E-state index contributed by atoms with van der Waals surface area (Å²) in [6.45, 7) is 8.84. The fourth-order valence-electron chi connectivity index (χ4n) is 1.83. The quantitative estimate of drug-likeness (QED) is 0.713. The third kappa shape index (κ3) is 8.18. The molecule has 0 aliphatic carbocycles. The number of nitrogens with zero attached hydrogens (tertiary/aromatic N) is 1. The van der Waals surface area contributed by atoms with Crippen LogP contribution in [-0.2, 0) is 21.3 Å². The number of allylic oxidation sites excluding steroid dienone is 3. The van der Waals surface area contributed by atoms with Crippen molar-refractivity contribution in [3.63, 3.8) is 0 Å². The van der Waals surface area contributed by atoms with Gasteiger partial charge in [0.15, 0.2) is 0 Å². The van der Waals surface area contributed by atoms with Gasteiger partial charge in [0.25, 0.3) is 0 Å². The van der Waals surface area contributed by atoms with Gasteiger partial charge in [-0.15, -0.1) is 11.3 Å². The first-order chi connectivity index (χ1) is 12.5. The lowest BCUT2D eigenvalue weighted by Gasteiger charge is -2.01. The maximum absolute atomic E-state index is 11.0. The minimum atomic E-state index is -0.815. The van der Waals surface area contributed by atoms with Gasteiger partial charge in [0, 0.05) is 40.1 Å². The molecule has 0 unspecified atom stereocenters. The summed E-state index contributed by atoms with van der Waals surface area (Å²) < 4.78 is 11.0. The standard InChI is InChI=1S/C11H11NOS2.C9H13NO/c1-15(13)8-10-7-14-11(12-10)9-5-3-2-4-6-9;1-4-7-8(5-2)10-9(11)6-3/h2-7H,8H2,1H3;4-5,7H,1-2,6H2,3H3,(H,10,11)/b;8-7+/t15-;/m0./s1. The molecule has 1 heterocycles. The monoisotopic (exact) mass is 388 g/mol. The number of amides is 1. The molecule has 1 atom stereocenters. The molecule has 0 radical (unpaired) electrons. The van der Waals surface area contributed by atoms with Crippen molar-refractivity contribution in [1.29, 1.82) is 0 Å². The predicted molar refractivity (Wildman–Crippen MR) is 112 cm³/mol. The molecule has 4 nitrogen and oxygen atoms in total. The maximum atomic E-state index is 11.0. The molecule has 1 amide bonds. The van der Waals surface area contributed by atoms with Crippen molar-refractivity contribution in [2.24, 2.45) is 0 Å². The summed E-state index contributed by atoms with van der Waals surface area (Å²) in [5.74, 6) is 0.529. The Morgan fingerprint density at radius 3 is 2.54 bits per heavy atom. The molecule has 0 saturated carbocycles. The van der Waals surface area contributed by atoms with Gasteiger partial charge in [0.1, 0.15) is 5.01 Å². The van der Waals surface area contributed by atoms with Crippen LogP contribution in [-0.4, -0.2) is 21.4 Å². The first-order valence-electron chi connectivity index (χ1n) is 8.05. The van der Waals surface area contributed by atoms with E-state index in [4.69, 9.17) is 0 Å². The first kappa shape index (κ1) is 21.7. The average molecular weight is 389 g/mol. The van der Waals surface area contributed by atoms with E-state index in [0.717, 1.165) is 16.3 Å². The highest BCUT2D eigenvalue weighted by Gasteiger charge is 2.05. The molecule has 0 fully saturated rings. The second-order valence-corrected chi connectivity index (χ2v) is 7.48. The van der Waals surface area contributed by atoms with E-state index in [-0.39, 0.29) is 5.91 Å². The molecule has 1 aromatic carbocycles. The van der Waals surface area contributed by atoms with E-state index in [0.29, 0.717) is 17.9 Å². The number of hydrogen-bond acceptors (Lipinski definition) is 4. The Hall–Kier alpha value is -2.31. The van der Waals surface area contributed by atoms with Crippen LogP contribution >= 0.6 is 11.3 Å². The third-order valence-corrected chi connectivity index (χ3v) is 4.69.